The summed E-state index contributed by atoms with van der Waals surface area (Å²) in [5, 5.41) is 0. The van der Waals surface area contributed by atoms with Gasteiger partial charge in [0.1, 0.15) is 5.69 Å². The van der Waals surface area contributed by atoms with Crippen LogP contribution in [0.5, 0.6) is 5.88 Å². The number of hydrogen-bond donors (Lipinski definition) is 0. The van der Waals surface area contributed by atoms with Crippen molar-refractivity contribution in [1.82, 2.24) is 15.0 Å². The minimum Gasteiger partial charge on any atom is -0.481 e. The van der Waals surface area contributed by atoms with Crippen LogP contribution in [-0.4, -0.2) is 28.3 Å². The lowest BCUT2D eigenvalue weighted by atomic mass is 10.2. The number of carbonyl (C=O) groups is 1. The molecule has 86 valence electrons. The third kappa shape index (κ3) is 2.25. The Balaban J connectivity index is 2.47. The van der Waals surface area contributed by atoms with Gasteiger partial charge in [0.25, 0.3) is 0 Å². The highest BCUT2D eigenvalue weighted by Gasteiger charge is 2.09. The number of aromatic nitrogens is 3. The Hall–Kier alpha value is -2.37. The van der Waals surface area contributed by atoms with E-state index in [0.717, 1.165) is 6.20 Å². The molecule has 0 atom stereocenters. The summed E-state index contributed by atoms with van der Waals surface area (Å²) in [5.41, 5.74) is 0.728. The van der Waals surface area contributed by atoms with Gasteiger partial charge < -0.3 is 4.74 Å². The maximum Gasteiger partial charge on any atom is 0.213 e. The Labute approximate surface area is 96.3 Å². The number of ether oxygens (including phenoxy) is 1. The molecule has 0 saturated carbocycles. The van der Waals surface area contributed by atoms with E-state index in [-0.39, 0.29) is 17.1 Å². The predicted molar refractivity (Wildman–Crippen MR) is 57.2 cm³/mol. The van der Waals surface area contributed by atoms with Gasteiger partial charge >= 0.3 is 0 Å². The number of hydrogen-bond acceptors (Lipinski definition) is 5. The molecule has 0 amide bonds. The average Bonchev–Trinajstić information content (AvgIpc) is 2.39. The molecule has 6 heteroatoms. The van der Waals surface area contributed by atoms with Crippen molar-refractivity contribution >= 4 is 6.29 Å². The van der Waals surface area contributed by atoms with E-state index in [0.29, 0.717) is 12.0 Å². The highest BCUT2D eigenvalue weighted by molar-refractivity contribution is 5.71. The monoisotopic (exact) mass is 233 g/mol. The zero-order valence-corrected chi connectivity index (χ0v) is 8.92. The number of pyridine rings is 1. The molecule has 5 nitrogen and oxygen atoms in total. The Bertz CT molecular complexity index is 543. The molecule has 2 aromatic heterocycles. The highest BCUT2D eigenvalue weighted by Crippen LogP contribution is 2.22. The largest absolute Gasteiger partial charge is 0.481 e. The van der Waals surface area contributed by atoms with Crippen molar-refractivity contribution in [1.29, 1.82) is 0 Å². The first-order valence-corrected chi connectivity index (χ1v) is 4.71. The Morgan fingerprint density at radius 1 is 1.24 bits per heavy atom. The summed E-state index contributed by atoms with van der Waals surface area (Å²) in [6.45, 7) is 0. The topological polar surface area (TPSA) is 65.0 Å². The first-order chi connectivity index (χ1) is 8.24. The third-order valence-electron chi connectivity index (χ3n) is 2.11. The van der Waals surface area contributed by atoms with Crippen LogP contribution in [0.3, 0.4) is 0 Å². The van der Waals surface area contributed by atoms with E-state index in [2.05, 4.69) is 15.0 Å². The van der Waals surface area contributed by atoms with Crippen LogP contribution in [-0.2, 0) is 0 Å². The number of rotatable bonds is 3. The van der Waals surface area contributed by atoms with Crippen LogP contribution in [0, 0.1) is 5.82 Å². The molecule has 0 spiro atoms. The van der Waals surface area contributed by atoms with Crippen molar-refractivity contribution < 1.29 is 13.9 Å². The van der Waals surface area contributed by atoms with E-state index in [1.54, 1.807) is 0 Å². The molecule has 2 rings (SSSR count). The van der Waals surface area contributed by atoms with Crippen molar-refractivity contribution in [2.24, 2.45) is 0 Å². The number of aldehydes is 1. The van der Waals surface area contributed by atoms with Crippen molar-refractivity contribution in [3.63, 3.8) is 0 Å². The molecule has 2 aromatic rings. The summed E-state index contributed by atoms with van der Waals surface area (Å²) in [6.07, 6.45) is 4.21. The minimum absolute atomic E-state index is 0.190. The summed E-state index contributed by atoms with van der Waals surface area (Å²) >= 11 is 0. The molecule has 0 unspecified atom stereocenters. The second kappa shape index (κ2) is 4.65. The Kier molecular flexibility index (Phi) is 3.04. The van der Waals surface area contributed by atoms with E-state index in [1.165, 1.54) is 25.6 Å². The summed E-state index contributed by atoms with van der Waals surface area (Å²) in [6, 6.07) is 1.42. The molecule has 0 bridgehead atoms. The smallest absolute Gasteiger partial charge is 0.213 e. The maximum absolute atomic E-state index is 13.5. The van der Waals surface area contributed by atoms with E-state index in [9.17, 15) is 9.18 Å². The van der Waals surface area contributed by atoms with Crippen molar-refractivity contribution in [3.05, 3.63) is 36.2 Å². The van der Waals surface area contributed by atoms with E-state index in [1.807, 2.05) is 0 Å². The molecule has 0 aromatic carbocycles. The average molecular weight is 233 g/mol. The van der Waals surface area contributed by atoms with Gasteiger partial charge in [-0.3, -0.25) is 9.78 Å². The van der Waals surface area contributed by atoms with Gasteiger partial charge in [-0.25, -0.2) is 14.4 Å². The predicted octanol–water partition coefficient (Wildman–Crippen LogP) is 1.50. The van der Waals surface area contributed by atoms with Crippen LogP contribution < -0.4 is 4.74 Å². The standard InChI is InChI=1S/C11H8FN3O2/c1-17-11-2-8(9(12)4-15-11)10-5-13-7(6-16)3-14-10/h2-6H,1H3. The lowest BCUT2D eigenvalue weighted by Gasteiger charge is -2.04. The van der Waals surface area contributed by atoms with Gasteiger partial charge in [-0.2, -0.15) is 0 Å². The molecule has 0 aliphatic carbocycles. The lowest BCUT2D eigenvalue weighted by molar-refractivity contribution is 0.111. The van der Waals surface area contributed by atoms with Crippen LogP contribution in [0.1, 0.15) is 10.5 Å². The first kappa shape index (κ1) is 11.1. The van der Waals surface area contributed by atoms with Crippen LogP contribution in [0.15, 0.2) is 24.7 Å². The van der Waals surface area contributed by atoms with Crippen LogP contribution in [0.2, 0.25) is 0 Å². The van der Waals surface area contributed by atoms with Gasteiger partial charge in [0.2, 0.25) is 5.88 Å². The maximum atomic E-state index is 13.5. The quantitative estimate of drug-likeness (QED) is 0.751. The van der Waals surface area contributed by atoms with Gasteiger partial charge in [0.05, 0.1) is 31.4 Å². The number of methoxy groups -OCH3 is 1. The second-order valence-electron chi connectivity index (χ2n) is 3.15. The molecular weight excluding hydrogens is 225 g/mol. The third-order valence-corrected chi connectivity index (χ3v) is 2.11. The summed E-state index contributed by atoms with van der Waals surface area (Å²) < 4.78 is 18.4. The van der Waals surface area contributed by atoms with Crippen molar-refractivity contribution in [2.75, 3.05) is 7.11 Å². The zero-order valence-electron chi connectivity index (χ0n) is 8.92. The number of halogens is 1. The lowest BCUT2D eigenvalue weighted by Crippen LogP contribution is -1.95. The molecule has 0 fully saturated rings. The zero-order chi connectivity index (χ0) is 12.3. The number of nitrogens with zero attached hydrogens (tertiary/aromatic N) is 3. The summed E-state index contributed by atoms with van der Waals surface area (Å²) in [5.74, 6) is -0.249. The first-order valence-electron chi connectivity index (χ1n) is 4.71. The van der Waals surface area contributed by atoms with Gasteiger partial charge in [0.15, 0.2) is 12.1 Å². The van der Waals surface area contributed by atoms with Crippen LogP contribution >= 0.6 is 0 Å². The van der Waals surface area contributed by atoms with Crippen molar-refractivity contribution in [2.45, 2.75) is 0 Å². The SMILES string of the molecule is COc1cc(-c2cnc(C=O)cn2)c(F)cn1. The molecular formula is C11H8FN3O2. The van der Waals surface area contributed by atoms with Crippen LogP contribution in [0.4, 0.5) is 4.39 Å². The van der Waals surface area contributed by atoms with E-state index >= 15 is 0 Å². The molecule has 17 heavy (non-hydrogen) atoms. The molecule has 0 radical (unpaired) electrons. The molecule has 0 aliphatic heterocycles. The summed E-state index contributed by atoms with van der Waals surface area (Å²) in [7, 11) is 1.44. The second-order valence-corrected chi connectivity index (χ2v) is 3.15. The Morgan fingerprint density at radius 3 is 2.65 bits per heavy atom. The van der Waals surface area contributed by atoms with Crippen LogP contribution in [0.25, 0.3) is 11.3 Å². The molecule has 0 saturated heterocycles. The van der Waals surface area contributed by atoms with Crippen molar-refractivity contribution in [3.8, 4) is 17.1 Å². The molecule has 2 heterocycles. The van der Waals surface area contributed by atoms with Gasteiger partial charge in [-0.1, -0.05) is 0 Å². The van der Waals surface area contributed by atoms with Gasteiger partial charge in [0, 0.05) is 11.6 Å². The summed E-state index contributed by atoms with van der Waals surface area (Å²) in [4.78, 5) is 21.9. The Morgan fingerprint density at radius 2 is 2.06 bits per heavy atom. The molecule has 0 aliphatic rings. The highest BCUT2D eigenvalue weighted by atomic mass is 19.1. The fourth-order valence-corrected chi connectivity index (χ4v) is 1.27. The number of carbonyl (C=O) groups excluding carboxylic acids is 1. The van der Waals surface area contributed by atoms with E-state index < -0.39 is 5.82 Å². The normalized spacial score (nSPS) is 10.0. The fourth-order valence-electron chi connectivity index (χ4n) is 1.27. The molecule has 0 N–H and O–H groups in total. The van der Waals surface area contributed by atoms with Gasteiger partial charge in [-0.05, 0) is 0 Å². The van der Waals surface area contributed by atoms with E-state index in [4.69, 9.17) is 4.74 Å². The fraction of sp³-hybridized carbons (Fsp3) is 0.0909. The van der Waals surface area contributed by atoms with Gasteiger partial charge in [-0.15, -0.1) is 0 Å². The minimum atomic E-state index is -0.529.